The molecule has 0 spiro atoms. The molecular weight excluding hydrogens is 502 g/mol. The SMILES string of the molecule is Cn1c(SCC(=O)Nc2c(F)cc(F)cc2Br)nnc1-c1cc2cc(Cl)ccc2o1. The van der Waals surface area contributed by atoms with Gasteiger partial charge in [-0.25, -0.2) is 8.78 Å². The number of nitrogens with one attached hydrogen (secondary N) is 1. The molecule has 0 fully saturated rings. The minimum atomic E-state index is -0.869. The summed E-state index contributed by atoms with van der Waals surface area (Å²) in [4.78, 5) is 12.2. The van der Waals surface area contributed by atoms with Crippen LogP contribution in [0.4, 0.5) is 14.5 Å². The minimum Gasteiger partial charge on any atom is -0.453 e. The number of amides is 1. The number of aromatic nitrogens is 3. The van der Waals surface area contributed by atoms with Gasteiger partial charge in [-0.15, -0.1) is 10.2 Å². The molecule has 4 aromatic rings. The van der Waals surface area contributed by atoms with Crippen molar-refractivity contribution in [1.82, 2.24) is 14.8 Å². The van der Waals surface area contributed by atoms with E-state index in [1.54, 1.807) is 35.9 Å². The average molecular weight is 514 g/mol. The highest BCUT2D eigenvalue weighted by Gasteiger charge is 2.18. The molecule has 11 heteroatoms. The van der Waals surface area contributed by atoms with Crippen molar-refractivity contribution in [2.75, 3.05) is 11.1 Å². The molecule has 4 rings (SSSR count). The lowest BCUT2D eigenvalue weighted by Gasteiger charge is -2.08. The summed E-state index contributed by atoms with van der Waals surface area (Å²) in [5.41, 5.74) is 0.541. The Hall–Kier alpha value is -2.43. The van der Waals surface area contributed by atoms with Gasteiger partial charge in [-0.1, -0.05) is 23.4 Å². The van der Waals surface area contributed by atoms with Gasteiger partial charge in [0.25, 0.3) is 0 Å². The largest absolute Gasteiger partial charge is 0.453 e. The number of halogens is 4. The first kappa shape index (κ1) is 20.8. The zero-order chi connectivity index (χ0) is 21.4. The number of hydrogen-bond acceptors (Lipinski definition) is 5. The molecule has 0 saturated heterocycles. The van der Waals surface area contributed by atoms with Crippen molar-refractivity contribution in [2.24, 2.45) is 7.05 Å². The molecule has 0 aliphatic carbocycles. The van der Waals surface area contributed by atoms with E-state index < -0.39 is 17.5 Å². The van der Waals surface area contributed by atoms with Gasteiger partial charge in [0, 0.05) is 28.0 Å². The van der Waals surface area contributed by atoms with Crippen LogP contribution >= 0.6 is 39.3 Å². The maximum Gasteiger partial charge on any atom is 0.234 e. The highest BCUT2D eigenvalue weighted by atomic mass is 79.9. The molecule has 0 saturated carbocycles. The van der Waals surface area contributed by atoms with Gasteiger partial charge >= 0.3 is 0 Å². The monoisotopic (exact) mass is 512 g/mol. The first-order valence-electron chi connectivity index (χ1n) is 8.48. The van der Waals surface area contributed by atoms with Crippen LogP contribution in [0.5, 0.6) is 0 Å². The first-order chi connectivity index (χ1) is 14.3. The summed E-state index contributed by atoms with van der Waals surface area (Å²) in [6.45, 7) is 0. The van der Waals surface area contributed by atoms with E-state index in [-0.39, 0.29) is 15.9 Å². The highest BCUT2D eigenvalue weighted by molar-refractivity contribution is 9.10. The van der Waals surface area contributed by atoms with E-state index in [0.717, 1.165) is 23.2 Å². The minimum absolute atomic E-state index is 0.0506. The number of anilines is 1. The van der Waals surface area contributed by atoms with Crippen molar-refractivity contribution < 1.29 is 18.0 Å². The molecule has 0 radical (unpaired) electrons. The van der Waals surface area contributed by atoms with E-state index in [0.29, 0.717) is 33.4 Å². The van der Waals surface area contributed by atoms with Gasteiger partial charge in [-0.3, -0.25) is 4.79 Å². The van der Waals surface area contributed by atoms with Crippen LogP contribution in [0.25, 0.3) is 22.6 Å². The van der Waals surface area contributed by atoms with Crippen molar-refractivity contribution in [2.45, 2.75) is 5.16 Å². The maximum atomic E-state index is 13.9. The standard InChI is InChI=1S/C19H12BrClF2N4O2S/c1-27-18(15-5-9-4-10(21)2-3-14(9)29-15)25-26-19(27)30-8-16(28)24-17-12(20)6-11(22)7-13(17)23/h2-7H,8H2,1H3,(H,24,28). The van der Waals surface area contributed by atoms with Crippen molar-refractivity contribution >= 4 is 61.9 Å². The lowest BCUT2D eigenvalue weighted by Crippen LogP contribution is -2.16. The molecule has 30 heavy (non-hydrogen) atoms. The fourth-order valence-corrected chi connectivity index (χ4v) is 4.15. The normalized spacial score (nSPS) is 11.2. The molecule has 1 N–H and O–H groups in total. The first-order valence-corrected chi connectivity index (χ1v) is 10.6. The fraction of sp³-hybridized carbons (Fsp3) is 0.105. The molecule has 2 aromatic heterocycles. The predicted molar refractivity (Wildman–Crippen MR) is 115 cm³/mol. The second-order valence-corrected chi connectivity index (χ2v) is 8.47. The quantitative estimate of drug-likeness (QED) is 0.349. The van der Waals surface area contributed by atoms with Gasteiger partial charge < -0.3 is 14.3 Å². The zero-order valence-electron chi connectivity index (χ0n) is 15.2. The van der Waals surface area contributed by atoms with Crippen LogP contribution in [0.3, 0.4) is 0 Å². The number of fused-ring (bicyclic) bond motifs is 1. The Labute approximate surface area is 186 Å². The Balaban J connectivity index is 1.47. The number of carbonyl (C=O) groups is 1. The number of furan rings is 1. The van der Waals surface area contributed by atoms with Crippen molar-refractivity contribution in [3.63, 3.8) is 0 Å². The number of benzene rings is 2. The molecule has 0 bridgehead atoms. The predicted octanol–water partition coefficient (Wildman–Crippen LogP) is 5.65. The Kier molecular flexibility index (Phi) is 5.81. The summed E-state index contributed by atoms with van der Waals surface area (Å²) >= 11 is 10.2. The highest BCUT2D eigenvalue weighted by Crippen LogP contribution is 2.30. The van der Waals surface area contributed by atoms with Gasteiger partial charge in [0.15, 0.2) is 22.6 Å². The Morgan fingerprint density at radius 3 is 2.83 bits per heavy atom. The molecular formula is C19H12BrClF2N4O2S. The summed E-state index contributed by atoms with van der Waals surface area (Å²) in [7, 11) is 1.74. The molecule has 0 unspecified atom stereocenters. The molecule has 2 aromatic carbocycles. The van der Waals surface area contributed by atoms with Crippen LogP contribution in [-0.2, 0) is 11.8 Å². The summed E-state index contributed by atoms with van der Waals surface area (Å²) in [6.07, 6.45) is 0. The molecule has 0 aliphatic heterocycles. The zero-order valence-corrected chi connectivity index (χ0v) is 18.4. The second kappa shape index (κ2) is 8.37. The van der Waals surface area contributed by atoms with Crippen molar-refractivity contribution in [3.8, 4) is 11.6 Å². The van der Waals surface area contributed by atoms with Crippen molar-refractivity contribution in [1.29, 1.82) is 0 Å². The van der Waals surface area contributed by atoms with Crippen LogP contribution in [0.2, 0.25) is 5.02 Å². The number of hydrogen-bond donors (Lipinski definition) is 1. The topological polar surface area (TPSA) is 73.0 Å². The van der Waals surface area contributed by atoms with E-state index in [1.807, 2.05) is 0 Å². The van der Waals surface area contributed by atoms with E-state index >= 15 is 0 Å². The van der Waals surface area contributed by atoms with Crippen molar-refractivity contribution in [3.05, 3.63) is 57.5 Å². The third-order valence-corrected chi connectivity index (χ3v) is 6.02. The van der Waals surface area contributed by atoms with E-state index in [1.165, 1.54) is 0 Å². The summed E-state index contributed by atoms with van der Waals surface area (Å²) in [6, 6.07) is 8.86. The molecule has 0 atom stereocenters. The second-order valence-electron chi connectivity index (χ2n) is 6.24. The van der Waals surface area contributed by atoms with Crippen LogP contribution in [0.1, 0.15) is 0 Å². The Bertz CT molecular complexity index is 1250. The smallest absolute Gasteiger partial charge is 0.234 e. The molecule has 6 nitrogen and oxygen atoms in total. The average Bonchev–Trinajstić information content (AvgIpc) is 3.25. The summed E-state index contributed by atoms with van der Waals surface area (Å²) in [5.74, 6) is -1.15. The number of rotatable bonds is 5. The molecule has 2 heterocycles. The number of carbonyl (C=O) groups excluding carboxylic acids is 1. The van der Waals surface area contributed by atoms with E-state index in [9.17, 15) is 13.6 Å². The van der Waals surface area contributed by atoms with Gasteiger partial charge in [-0.2, -0.15) is 0 Å². The Morgan fingerprint density at radius 2 is 2.07 bits per heavy atom. The molecule has 1 amide bonds. The lowest BCUT2D eigenvalue weighted by molar-refractivity contribution is -0.113. The molecule has 154 valence electrons. The fourth-order valence-electron chi connectivity index (χ4n) is 2.75. The van der Waals surface area contributed by atoms with Crippen LogP contribution in [-0.4, -0.2) is 26.4 Å². The third-order valence-electron chi connectivity index (χ3n) is 4.14. The van der Waals surface area contributed by atoms with Gasteiger partial charge in [0.2, 0.25) is 5.91 Å². The van der Waals surface area contributed by atoms with E-state index in [4.69, 9.17) is 16.0 Å². The summed E-state index contributed by atoms with van der Waals surface area (Å²) in [5, 5.41) is 12.5. The van der Waals surface area contributed by atoms with Gasteiger partial charge in [0.05, 0.1) is 11.4 Å². The third kappa shape index (κ3) is 4.21. The van der Waals surface area contributed by atoms with Crippen LogP contribution in [0.15, 0.2) is 50.4 Å². The number of thioether (sulfide) groups is 1. The maximum absolute atomic E-state index is 13.9. The summed E-state index contributed by atoms with van der Waals surface area (Å²) < 4.78 is 34.6. The van der Waals surface area contributed by atoms with Crippen LogP contribution < -0.4 is 5.32 Å². The Morgan fingerprint density at radius 1 is 1.27 bits per heavy atom. The van der Waals surface area contributed by atoms with Crippen LogP contribution in [0, 0.1) is 11.6 Å². The number of nitrogens with zero attached hydrogens (tertiary/aromatic N) is 3. The van der Waals surface area contributed by atoms with Gasteiger partial charge in [0.1, 0.15) is 11.4 Å². The molecule has 0 aliphatic rings. The van der Waals surface area contributed by atoms with E-state index in [2.05, 4.69) is 31.4 Å². The lowest BCUT2D eigenvalue weighted by atomic mass is 10.2. The van der Waals surface area contributed by atoms with Gasteiger partial charge in [-0.05, 0) is 46.3 Å².